The number of rotatable bonds is 6. The summed E-state index contributed by atoms with van der Waals surface area (Å²) in [6.45, 7) is -0.321. The van der Waals surface area contributed by atoms with Crippen LogP contribution >= 0.6 is 11.3 Å². The number of thiazole rings is 1. The molecule has 0 fully saturated rings. The number of Topliss-reactive ketones (excluding diaryl/α,β-unsaturated/α-hetero) is 1. The number of nitrogens with zero attached hydrogens (tertiary/aromatic N) is 1. The van der Waals surface area contributed by atoms with Crippen molar-refractivity contribution in [3.63, 3.8) is 0 Å². The number of ether oxygens (including phenoxy) is 1. The van der Waals surface area contributed by atoms with Gasteiger partial charge >= 0.3 is 5.97 Å². The van der Waals surface area contributed by atoms with E-state index in [2.05, 4.69) is 4.98 Å². The summed E-state index contributed by atoms with van der Waals surface area (Å²) in [6.07, 6.45) is 0.685. The number of fused-ring (bicyclic) bond motifs is 2. The van der Waals surface area contributed by atoms with E-state index in [1.165, 1.54) is 0 Å². The Labute approximate surface area is 153 Å². The summed E-state index contributed by atoms with van der Waals surface area (Å²) in [5.41, 5.74) is 1.57. The molecule has 0 amide bonds. The first-order valence-electron chi connectivity index (χ1n) is 8.21. The molecule has 0 bridgehead atoms. The molecule has 0 unspecified atom stereocenters. The van der Waals surface area contributed by atoms with Crippen molar-refractivity contribution in [1.29, 1.82) is 0 Å². The lowest BCUT2D eigenvalue weighted by molar-refractivity contribution is -0.142. The summed E-state index contributed by atoms with van der Waals surface area (Å²) in [5, 5.41) is 1.73. The molecule has 0 N–H and O–H groups in total. The summed E-state index contributed by atoms with van der Waals surface area (Å²) >= 11 is 1.56. The van der Waals surface area contributed by atoms with Crippen molar-refractivity contribution in [2.24, 2.45) is 0 Å². The molecule has 5 nitrogen and oxygen atoms in total. The quantitative estimate of drug-likeness (QED) is 0.374. The van der Waals surface area contributed by atoms with Crippen LogP contribution in [0, 0.1) is 0 Å². The van der Waals surface area contributed by atoms with Crippen LogP contribution in [0.5, 0.6) is 0 Å². The fourth-order valence-corrected chi connectivity index (χ4v) is 3.61. The van der Waals surface area contributed by atoms with Gasteiger partial charge in [0, 0.05) is 11.8 Å². The van der Waals surface area contributed by atoms with E-state index in [0.29, 0.717) is 12.0 Å². The van der Waals surface area contributed by atoms with Crippen LogP contribution in [0.4, 0.5) is 0 Å². The average Bonchev–Trinajstić information content (AvgIpc) is 3.27. The highest BCUT2D eigenvalue weighted by molar-refractivity contribution is 7.18. The Balaban J connectivity index is 1.31. The van der Waals surface area contributed by atoms with Gasteiger partial charge in [-0.3, -0.25) is 9.59 Å². The van der Waals surface area contributed by atoms with Gasteiger partial charge in [0.2, 0.25) is 5.78 Å². The molecule has 6 heteroatoms. The Morgan fingerprint density at radius 2 is 1.88 bits per heavy atom. The second-order valence-corrected chi connectivity index (χ2v) is 6.92. The molecule has 130 valence electrons. The lowest BCUT2D eigenvalue weighted by Crippen LogP contribution is -2.14. The zero-order valence-corrected chi connectivity index (χ0v) is 14.6. The number of carbonyl (C=O) groups is 2. The summed E-state index contributed by atoms with van der Waals surface area (Å²) in [5.74, 6) is -0.576. The van der Waals surface area contributed by atoms with Crippen LogP contribution in [0.3, 0.4) is 0 Å². The maximum Gasteiger partial charge on any atom is 0.306 e. The van der Waals surface area contributed by atoms with E-state index < -0.39 is 5.97 Å². The molecule has 4 rings (SSSR count). The molecule has 0 spiro atoms. The first kappa shape index (κ1) is 16.5. The monoisotopic (exact) mass is 365 g/mol. The Morgan fingerprint density at radius 1 is 1.08 bits per heavy atom. The third-order valence-electron chi connectivity index (χ3n) is 3.95. The molecule has 0 saturated heterocycles. The van der Waals surface area contributed by atoms with E-state index in [0.717, 1.165) is 20.6 Å². The predicted octanol–water partition coefficient (Wildman–Crippen LogP) is 4.40. The Bertz CT molecular complexity index is 1030. The maximum atomic E-state index is 12.1. The highest BCUT2D eigenvalue weighted by atomic mass is 32.1. The van der Waals surface area contributed by atoms with Gasteiger partial charge in [0.1, 0.15) is 5.58 Å². The minimum atomic E-state index is -0.422. The van der Waals surface area contributed by atoms with Crippen molar-refractivity contribution < 1.29 is 18.7 Å². The van der Waals surface area contributed by atoms with Gasteiger partial charge in [0.25, 0.3) is 0 Å². The standard InChI is InChI=1S/C20H15NO4S/c22-15(17-11-13-5-1-3-7-16(13)25-17)12-24-20(23)10-9-19-21-14-6-2-4-8-18(14)26-19/h1-8,11H,9-10,12H2. The second kappa shape index (κ2) is 7.09. The number of hydrogen-bond acceptors (Lipinski definition) is 6. The van der Waals surface area contributed by atoms with Crippen LogP contribution in [-0.2, 0) is 16.0 Å². The van der Waals surface area contributed by atoms with Gasteiger partial charge in [0.15, 0.2) is 12.4 Å². The molecule has 2 aromatic carbocycles. The normalized spacial score (nSPS) is 11.1. The van der Waals surface area contributed by atoms with Gasteiger partial charge < -0.3 is 9.15 Å². The Morgan fingerprint density at radius 3 is 2.73 bits per heavy atom. The zero-order valence-electron chi connectivity index (χ0n) is 13.8. The van der Waals surface area contributed by atoms with Crippen molar-refractivity contribution >= 4 is 44.3 Å². The van der Waals surface area contributed by atoms with Gasteiger partial charge in [-0.25, -0.2) is 4.98 Å². The van der Waals surface area contributed by atoms with Gasteiger partial charge in [-0.15, -0.1) is 11.3 Å². The van der Waals surface area contributed by atoms with Crippen LogP contribution in [0.25, 0.3) is 21.2 Å². The minimum Gasteiger partial charge on any atom is -0.457 e. The van der Waals surface area contributed by atoms with Crippen molar-refractivity contribution in [3.05, 3.63) is 65.4 Å². The summed E-state index contributed by atoms with van der Waals surface area (Å²) < 4.78 is 11.6. The molecule has 2 heterocycles. The number of para-hydroxylation sites is 2. The second-order valence-electron chi connectivity index (χ2n) is 5.81. The Hall–Kier alpha value is -2.99. The SMILES string of the molecule is O=C(CCc1nc2ccccc2s1)OCC(=O)c1cc2ccccc2o1. The lowest BCUT2D eigenvalue weighted by Gasteiger charge is -2.01. The fraction of sp³-hybridized carbons (Fsp3) is 0.150. The summed E-state index contributed by atoms with van der Waals surface area (Å²) in [6, 6.07) is 16.9. The van der Waals surface area contributed by atoms with Crippen molar-refractivity contribution in [2.75, 3.05) is 6.61 Å². The Kier molecular flexibility index (Phi) is 4.50. The summed E-state index contributed by atoms with van der Waals surface area (Å²) in [7, 11) is 0. The number of hydrogen-bond donors (Lipinski definition) is 0. The molecule has 0 aliphatic heterocycles. The predicted molar refractivity (Wildman–Crippen MR) is 99.4 cm³/mol. The van der Waals surface area contributed by atoms with Gasteiger partial charge in [-0.1, -0.05) is 30.3 Å². The van der Waals surface area contributed by atoms with Gasteiger partial charge in [0.05, 0.1) is 21.6 Å². The van der Waals surface area contributed by atoms with Gasteiger partial charge in [-0.2, -0.15) is 0 Å². The summed E-state index contributed by atoms with van der Waals surface area (Å²) in [4.78, 5) is 28.5. The molecular formula is C20H15NO4S. The molecule has 0 saturated carbocycles. The van der Waals surface area contributed by atoms with Crippen LogP contribution in [0.15, 0.2) is 59.0 Å². The average molecular weight is 365 g/mol. The third kappa shape index (κ3) is 3.50. The molecule has 0 radical (unpaired) electrons. The minimum absolute atomic E-state index is 0.188. The molecule has 0 aliphatic carbocycles. The maximum absolute atomic E-state index is 12.1. The smallest absolute Gasteiger partial charge is 0.306 e. The topological polar surface area (TPSA) is 69.4 Å². The van der Waals surface area contributed by atoms with E-state index in [1.807, 2.05) is 42.5 Å². The van der Waals surface area contributed by atoms with E-state index in [-0.39, 0.29) is 24.6 Å². The van der Waals surface area contributed by atoms with Crippen LogP contribution in [0.2, 0.25) is 0 Å². The molecule has 0 aliphatic rings. The van der Waals surface area contributed by atoms with Gasteiger partial charge in [-0.05, 0) is 24.3 Å². The third-order valence-corrected chi connectivity index (χ3v) is 5.04. The van der Waals surface area contributed by atoms with E-state index >= 15 is 0 Å². The molecule has 26 heavy (non-hydrogen) atoms. The van der Waals surface area contributed by atoms with Crippen LogP contribution in [0.1, 0.15) is 22.0 Å². The molecule has 4 aromatic rings. The van der Waals surface area contributed by atoms with Crippen LogP contribution in [-0.4, -0.2) is 23.3 Å². The van der Waals surface area contributed by atoms with Crippen molar-refractivity contribution in [2.45, 2.75) is 12.8 Å². The number of carbonyl (C=O) groups excluding carboxylic acids is 2. The molecule has 2 aromatic heterocycles. The van der Waals surface area contributed by atoms with E-state index in [9.17, 15) is 9.59 Å². The van der Waals surface area contributed by atoms with Crippen LogP contribution < -0.4 is 0 Å². The zero-order chi connectivity index (χ0) is 17.9. The highest BCUT2D eigenvalue weighted by Gasteiger charge is 2.15. The van der Waals surface area contributed by atoms with Crippen molar-refractivity contribution in [1.82, 2.24) is 4.98 Å². The number of ketones is 1. The van der Waals surface area contributed by atoms with E-state index in [4.69, 9.17) is 9.15 Å². The lowest BCUT2D eigenvalue weighted by atomic mass is 10.2. The number of aromatic nitrogens is 1. The molecular weight excluding hydrogens is 350 g/mol. The number of benzene rings is 2. The molecule has 0 atom stereocenters. The van der Waals surface area contributed by atoms with E-state index in [1.54, 1.807) is 23.5 Å². The van der Waals surface area contributed by atoms with Crippen molar-refractivity contribution in [3.8, 4) is 0 Å². The fourth-order valence-electron chi connectivity index (χ4n) is 2.64. The first-order chi connectivity index (χ1) is 12.7. The number of esters is 1. The number of furan rings is 1. The highest BCUT2D eigenvalue weighted by Crippen LogP contribution is 2.22. The largest absolute Gasteiger partial charge is 0.457 e. The first-order valence-corrected chi connectivity index (χ1v) is 9.02. The number of aryl methyl sites for hydroxylation is 1.